The lowest BCUT2D eigenvalue weighted by Gasteiger charge is -2.31. The molecule has 3 amide bonds. The number of amides is 3. The number of methoxy groups -OCH3 is 1. The molecule has 2 aliphatic heterocycles. The Labute approximate surface area is 213 Å². The highest BCUT2D eigenvalue weighted by atomic mass is 16.5. The Morgan fingerprint density at radius 1 is 1.03 bits per heavy atom. The van der Waals surface area contributed by atoms with Gasteiger partial charge in [-0.1, -0.05) is 12.6 Å². The maximum Gasteiger partial charge on any atom is 0.255 e. The molecule has 1 unspecified atom stereocenters. The lowest BCUT2D eigenvalue weighted by Crippen LogP contribution is -2.49. The first-order valence-corrected chi connectivity index (χ1v) is 11.8. The summed E-state index contributed by atoms with van der Waals surface area (Å²) in [5.41, 5.74) is 4.11. The Bertz CT molecular complexity index is 1410. The van der Waals surface area contributed by atoms with Gasteiger partial charge in [0.2, 0.25) is 5.91 Å². The third-order valence-electron chi connectivity index (χ3n) is 6.43. The third-order valence-corrected chi connectivity index (χ3v) is 6.43. The maximum absolute atomic E-state index is 13.0. The Balaban J connectivity index is 1.27. The van der Waals surface area contributed by atoms with Crippen molar-refractivity contribution in [3.8, 4) is 5.75 Å². The first kappa shape index (κ1) is 23.9. The van der Waals surface area contributed by atoms with Crippen LogP contribution in [0.5, 0.6) is 5.75 Å². The summed E-state index contributed by atoms with van der Waals surface area (Å²) >= 11 is 0. The van der Waals surface area contributed by atoms with Crippen molar-refractivity contribution in [2.45, 2.75) is 25.4 Å². The molecule has 3 aromatic rings. The van der Waals surface area contributed by atoms with Gasteiger partial charge in [-0.3, -0.25) is 14.4 Å². The number of hydrogen-bond donors (Lipinski definition) is 2. The van der Waals surface area contributed by atoms with Crippen LogP contribution in [0.15, 0.2) is 89.2 Å². The van der Waals surface area contributed by atoms with Gasteiger partial charge in [0.05, 0.1) is 18.5 Å². The first-order chi connectivity index (χ1) is 17.9. The summed E-state index contributed by atoms with van der Waals surface area (Å²) in [6.45, 7) is 4.05. The van der Waals surface area contributed by atoms with Gasteiger partial charge < -0.3 is 20.3 Å². The molecule has 9 nitrogen and oxygen atoms in total. The zero-order valence-electron chi connectivity index (χ0n) is 20.2. The Morgan fingerprint density at radius 2 is 1.70 bits per heavy atom. The quantitative estimate of drug-likeness (QED) is 0.463. The number of rotatable bonds is 6. The standard InChI is InChI=1S/C28H25N5O4/c1-17-6-15-25(27(35)29-17)33-16-23-22(28(33)36)4-3-5-24(23)30-26(34)18-7-9-19(10-8-18)31-32-20-11-13-21(37-2)14-12-20/h3-5,7-14,25H,1,6,15-16H2,2H3,(H,29,35)(H,30,34). The Hall–Kier alpha value is -4.79. The van der Waals surface area contributed by atoms with Crippen LogP contribution in [-0.2, 0) is 11.3 Å². The summed E-state index contributed by atoms with van der Waals surface area (Å²) in [7, 11) is 1.60. The topological polar surface area (TPSA) is 112 Å². The summed E-state index contributed by atoms with van der Waals surface area (Å²) in [5, 5.41) is 14.0. The molecule has 0 aromatic heterocycles. The first-order valence-electron chi connectivity index (χ1n) is 11.8. The van der Waals surface area contributed by atoms with E-state index in [0.717, 1.165) is 5.75 Å². The molecule has 37 heavy (non-hydrogen) atoms. The smallest absolute Gasteiger partial charge is 0.255 e. The second-order valence-electron chi connectivity index (χ2n) is 8.81. The number of azo groups is 1. The number of benzene rings is 3. The average Bonchev–Trinajstić information content (AvgIpc) is 3.25. The van der Waals surface area contributed by atoms with Gasteiger partial charge in [0.1, 0.15) is 11.8 Å². The van der Waals surface area contributed by atoms with Crippen molar-refractivity contribution in [2.75, 3.05) is 12.4 Å². The van der Waals surface area contributed by atoms with E-state index in [1.54, 1.807) is 78.7 Å². The molecule has 2 aliphatic rings. The van der Waals surface area contributed by atoms with Gasteiger partial charge in [0, 0.05) is 34.6 Å². The van der Waals surface area contributed by atoms with Crippen LogP contribution in [0.25, 0.3) is 0 Å². The van der Waals surface area contributed by atoms with Gasteiger partial charge in [-0.15, -0.1) is 0 Å². The number of fused-ring (bicyclic) bond motifs is 1. The minimum Gasteiger partial charge on any atom is -0.497 e. The van der Waals surface area contributed by atoms with Crippen molar-refractivity contribution in [3.63, 3.8) is 0 Å². The molecule has 1 atom stereocenters. The molecule has 0 spiro atoms. The van der Waals surface area contributed by atoms with E-state index < -0.39 is 6.04 Å². The number of ether oxygens (including phenoxy) is 1. The summed E-state index contributed by atoms with van der Waals surface area (Å²) in [6.07, 6.45) is 1.14. The van der Waals surface area contributed by atoms with E-state index in [2.05, 4.69) is 27.4 Å². The van der Waals surface area contributed by atoms with Gasteiger partial charge in [0.15, 0.2) is 0 Å². The molecule has 1 fully saturated rings. The van der Waals surface area contributed by atoms with Crippen LogP contribution >= 0.6 is 0 Å². The predicted octanol–water partition coefficient (Wildman–Crippen LogP) is 5.11. The van der Waals surface area contributed by atoms with Crippen LogP contribution < -0.4 is 15.4 Å². The van der Waals surface area contributed by atoms with Crippen molar-refractivity contribution in [1.82, 2.24) is 10.2 Å². The van der Waals surface area contributed by atoms with Crippen LogP contribution in [0, 0.1) is 0 Å². The number of hydrogen-bond acceptors (Lipinski definition) is 6. The second kappa shape index (κ2) is 10.1. The van der Waals surface area contributed by atoms with Crippen LogP contribution in [0.4, 0.5) is 17.1 Å². The van der Waals surface area contributed by atoms with E-state index in [9.17, 15) is 14.4 Å². The van der Waals surface area contributed by atoms with E-state index in [-0.39, 0.29) is 24.3 Å². The van der Waals surface area contributed by atoms with Crippen LogP contribution in [0.3, 0.4) is 0 Å². The van der Waals surface area contributed by atoms with Crippen LogP contribution in [0.1, 0.15) is 39.1 Å². The van der Waals surface area contributed by atoms with Gasteiger partial charge in [-0.05, 0) is 73.5 Å². The predicted molar refractivity (Wildman–Crippen MR) is 138 cm³/mol. The molecule has 3 aromatic carbocycles. The van der Waals surface area contributed by atoms with Crippen LogP contribution in [-0.4, -0.2) is 35.8 Å². The summed E-state index contributed by atoms with van der Waals surface area (Å²) in [6, 6.07) is 18.6. The average molecular weight is 496 g/mol. The number of nitrogens with one attached hydrogen (secondary N) is 2. The van der Waals surface area contributed by atoms with Crippen molar-refractivity contribution in [3.05, 3.63) is 95.7 Å². The molecule has 9 heteroatoms. The Kier molecular flexibility index (Phi) is 6.51. The van der Waals surface area contributed by atoms with Crippen LogP contribution in [0.2, 0.25) is 0 Å². The zero-order valence-corrected chi connectivity index (χ0v) is 20.2. The monoisotopic (exact) mass is 495 g/mol. The van der Waals surface area contributed by atoms with Crippen molar-refractivity contribution < 1.29 is 19.1 Å². The highest BCUT2D eigenvalue weighted by Crippen LogP contribution is 2.33. The summed E-state index contributed by atoms with van der Waals surface area (Å²) in [4.78, 5) is 40.0. The fourth-order valence-corrected chi connectivity index (χ4v) is 4.42. The minimum absolute atomic E-state index is 0.217. The van der Waals surface area contributed by atoms with Crippen molar-refractivity contribution in [2.24, 2.45) is 10.2 Å². The summed E-state index contributed by atoms with van der Waals surface area (Å²) in [5.74, 6) is -0.0246. The SMILES string of the molecule is C=C1CCC(N2Cc3c(NC(=O)c4ccc(N=Nc5ccc(OC)cc5)cc4)cccc3C2=O)C(=O)N1. The van der Waals surface area contributed by atoms with Gasteiger partial charge in [0.25, 0.3) is 11.8 Å². The molecule has 2 N–H and O–H groups in total. The number of nitrogens with zero attached hydrogens (tertiary/aromatic N) is 3. The lowest BCUT2D eigenvalue weighted by molar-refractivity contribution is -0.126. The number of allylic oxidation sites excluding steroid dienone is 1. The molecule has 5 rings (SSSR count). The van der Waals surface area contributed by atoms with Gasteiger partial charge >= 0.3 is 0 Å². The lowest BCUT2D eigenvalue weighted by atomic mass is 10.0. The Morgan fingerprint density at radius 3 is 2.35 bits per heavy atom. The number of anilines is 1. The largest absolute Gasteiger partial charge is 0.497 e. The number of carbonyl (C=O) groups excluding carboxylic acids is 3. The number of piperidine rings is 1. The molecule has 186 valence electrons. The normalized spacial score (nSPS) is 17.1. The maximum atomic E-state index is 13.0. The van der Waals surface area contributed by atoms with E-state index in [4.69, 9.17) is 4.74 Å². The van der Waals surface area contributed by atoms with E-state index in [1.165, 1.54) is 0 Å². The second-order valence-corrected chi connectivity index (χ2v) is 8.81. The fourth-order valence-electron chi connectivity index (χ4n) is 4.42. The zero-order chi connectivity index (χ0) is 25.9. The van der Waals surface area contributed by atoms with E-state index in [1.807, 2.05) is 0 Å². The molecular weight excluding hydrogens is 470 g/mol. The molecular formula is C28H25N5O4. The highest BCUT2D eigenvalue weighted by Gasteiger charge is 2.39. The molecule has 0 bridgehead atoms. The highest BCUT2D eigenvalue weighted by molar-refractivity contribution is 6.08. The van der Waals surface area contributed by atoms with Crippen molar-refractivity contribution in [1.29, 1.82) is 0 Å². The molecule has 2 heterocycles. The minimum atomic E-state index is -0.562. The van der Waals surface area contributed by atoms with Gasteiger partial charge in [-0.25, -0.2) is 0 Å². The number of carbonyl (C=O) groups is 3. The third kappa shape index (κ3) is 4.97. The van der Waals surface area contributed by atoms with E-state index >= 15 is 0 Å². The fraction of sp³-hybridized carbons (Fsp3) is 0.179. The van der Waals surface area contributed by atoms with E-state index in [0.29, 0.717) is 52.3 Å². The molecule has 0 saturated carbocycles. The molecule has 0 radical (unpaired) electrons. The molecule has 1 saturated heterocycles. The molecule has 0 aliphatic carbocycles. The summed E-state index contributed by atoms with van der Waals surface area (Å²) < 4.78 is 5.13. The van der Waals surface area contributed by atoms with Gasteiger partial charge in [-0.2, -0.15) is 10.2 Å². The van der Waals surface area contributed by atoms with Crippen molar-refractivity contribution >= 4 is 34.8 Å².